The van der Waals surface area contributed by atoms with E-state index in [-0.39, 0.29) is 11.9 Å². The van der Waals surface area contributed by atoms with Crippen molar-refractivity contribution in [2.24, 2.45) is 0 Å². The first-order chi connectivity index (χ1) is 9.97. The number of nitrogens with two attached hydrogens (primary N) is 1. The van der Waals surface area contributed by atoms with Gasteiger partial charge in [-0.3, -0.25) is 9.69 Å². The summed E-state index contributed by atoms with van der Waals surface area (Å²) < 4.78 is 0. The van der Waals surface area contributed by atoms with E-state index in [1.807, 2.05) is 26.1 Å². The largest absolute Gasteiger partial charge is 0.399 e. The first kappa shape index (κ1) is 15.8. The molecule has 3 N–H and O–H groups in total. The van der Waals surface area contributed by atoms with Gasteiger partial charge in [-0.15, -0.1) is 0 Å². The molecule has 0 saturated carbocycles. The molecular weight excluding hydrogens is 264 g/mol. The zero-order chi connectivity index (χ0) is 15.4. The molecule has 2 rings (SSSR count). The van der Waals surface area contributed by atoms with Crippen molar-refractivity contribution in [2.45, 2.75) is 31.8 Å². The van der Waals surface area contributed by atoms with Gasteiger partial charge in [0.2, 0.25) is 5.91 Å². The van der Waals surface area contributed by atoms with Crippen LogP contribution in [0.1, 0.15) is 19.8 Å². The molecule has 5 heteroatoms. The van der Waals surface area contributed by atoms with Crippen molar-refractivity contribution in [2.75, 3.05) is 38.2 Å². The van der Waals surface area contributed by atoms with Gasteiger partial charge in [0.15, 0.2) is 0 Å². The molecular formula is C16H26N4O. The highest BCUT2D eigenvalue weighted by Crippen LogP contribution is 2.17. The average Bonchev–Trinajstić information content (AvgIpc) is 2.83. The molecule has 21 heavy (non-hydrogen) atoms. The van der Waals surface area contributed by atoms with E-state index in [0.29, 0.717) is 11.7 Å². The summed E-state index contributed by atoms with van der Waals surface area (Å²) in [6.45, 7) is 4.01. The third-order valence-electron chi connectivity index (χ3n) is 4.37. The summed E-state index contributed by atoms with van der Waals surface area (Å²) in [6, 6.07) is 7.66. The van der Waals surface area contributed by atoms with Crippen molar-refractivity contribution in [3.63, 3.8) is 0 Å². The quantitative estimate of drug-likeness (QED) is 0.809. The van der Waals surface area contributed by atoms with E-state index in [2.05, 4.69) is 22.2 Å². The lowest BCUT2D eigenvalue weighted by Gasteiger charge is -2.29. The molecule has 0 spiro atoms. The minimum Gasteiger partial charge on any atom is -0.399 e. The van der Waals surface area contributed by atoms with Crippen LogP contribution in [0.5, 0.6) is 0 Å². The van der Waals surface area contributed by atoms with Crippen LogP contribution in [0.2, 0.25) is 0 Å². The summed E-state index contributed by atoms with van der Waals surface area (Å²) in [6.07, 6.45) is 2.46. The molecule has 5 nitrogen and oxygen atoms in total. The van der Waals surface area contributed by atoms with Crippen LogP contribution in [0.3, 0.4) is 0 Å². The van der Waals surface area contributed by atoms with Gasteiger partial charge in [-0.25, -0.2) is 0 Å². The minimum absolute atomic E-state index is 0.00347. The number of hydrogen-bond acceptors (Lipinski definition) is 4. The van der Waals surface area contributed by atoms with E-state index in [0.717, 1.165) is 18.8 Å². The SMILES string of the molecule is CC(C(=O)Nc1cccc(N)c1)N(C)CC1CCCN1C. The standard InChI is InChI=1S/C16H26N4O/c1-12(20(3)11-15-8-5-9-19(15)2)16(21)18-14-7-4-6-13(17)10-14/h4,6-7,10,12,15H,5,8-9,11,17H2,1-3H3,(H,18,21). The van der Waals surface area contributed by atoms with Crippen molar-refractivity contribution in [1.82, 2.24) is 9.80 Å². The van der Waals surface area contributed by atoms with E-state index in [1.165, 1.54) is 12.8 Å². The first-order valence-corrected chi connectivity index (χ1v) is 7.54. The van der Waals surface area contributed by atoms with Gasteiger partial charge in [0.1, 0.15) is 0 Å². The van der Waals surface area contributed by atoms with Crippen LogP contribution in [0.15, 0.2) is 24.3 Å². The van der Waals surface area contributed by atoms with Gasteiger partial charge >= 0.3 is 0 Å². The second kappa shape index (κ2) is 6.91. The van der Waals surface area contributed by atoms with Crippen molar-refractivity contribution in [3.05, 3.63) is 24.3 Å². The molecule has 1 aliphatic rings. The third kappa shape index (κ3) is 4.19. The molecule has 1 fully saturated rings. The molecule has 1 heterocycles. The molecule has 1 amide bonds. The summed E-state index contributed by atoms with van der Waals surface area (Å²) in [4.78, 5) is 16.8. The maximum atomic E-state index is 12.3. The van der Waals surface area contributed by atoms with Gasteiger partial charge in [-0.05, 0) is 58.6 Å². The number of carbonyl (C=O) groups excluding carboxylic acids is 1. The van der Waals surface area contributed by atoms with Crippen LogP contribution in [0.4, 0.5) is 11.4 Å². The van der Waals surface area contributed by atoms with Crippen LogP contribution in [0, 0.1) is 0 Å². The molecule has 1 aromatic carbocycles. The predicted molar refractivity (Wildman–Crippen MR) is 87.2 cm³/mol. The smallest absolute Gasteiger partial charge is 0.241 e. The molecule has 2 unspecified atom stereocenters. The number of hydrogen-bond donors (Lipinski definition) is 2. The zero-order valence-corrected chi connectivity index (χ0v) is 13.2. The highest BCUT2D eigenvalue weighted by molar-refractivity contribution is 5.94. The van der Waals surface area contributed by atoms with Gasteiger partial charge in [0, 0.05) is 24.0 Å². The highest BCUT2D eigenvalue weighted by atomic mass is 16.2. The molecule has 116 valence electrons. The Morgan fingerprint density at radius 2 is 2.33 bits per heavy atom. The van der Waals surface area contributed by atoms with Gasteiger partial charge in [-0.2, -0.15) is 0 Å². The number of carbonyl (C=O) groups is 1. The Labute approximate surface area is 127 Å². The molecule has 1 saturated heterocycles. The molecule has 1 aliphatic heterocycles. The second-order valence-corrected chi connectivity index (χ2v) is 6.01. The number of benzene rings is 1. The molecule has 0 radical (unpaired) electrons. The number of anilines is 2. The minimum atomic E-state index is -0.166. The van der Waals surface area contributed by atoms with Crippen LogP contribution < -0.4 is 11.1 Å². The maximum Gasteiger partial charge on any atom is 0.241 e. The summed E-state index contributed by atoms with van der Waals surface area (Å²) in [5.41, 5.74) is 7.13. The highest BCUT2D eigenvalue weighted by Gasteiger charge is 2.26. The molecule has 1 aromatic rings. The van der Waals surface area contributed by atoms with Crippen LogP contribution in [-0.4, -0.2) is 55.0 Å². The number of nitrogens with zero attached hydrogens (tertiary/aromatic N) is 2. The van der Waals surface area contributed by atoms with Crippen molar-refractivity contribution < 1.29 is 4.79 Å². The van der Waals surface area contributed by atoms with Crippen LogP contribution >= 0.6 is 0 Å². The second-order valence-electron chi connectivity index (χ2n) is 6.01. The van der Waals surface area contributed by atoms with E-state index >= 15 is 0 Å². The maximum absolute atomic E-state index is 12.3. The number of nitrogen functional groups attached to an aromatic ring is 1. The fourth-order valence-corrected chi connectivity index (χ4v) is 2.76. The van der Waals surface area contributed by atoms with E-state index in [1.54, 1.807) is 12.1 Å². The topological polar surface area (TPSA) is 61.6 Å². The average molecular weight is 290 g/mol. The predicted octanol–water partition coefficient (Wildman–Crippen LogP) is 1.62. The summed E-state index contributed by atoms with van der Waals surface area (Å²) in [7, 11) is 4.17. The van der Waals surface area contributed by atoms with Crippen molar-refractivity contribution >= 4 is 17.3 Å². The fourth-order valence-electron chi connectivity index (χ4n) is 2.76. The van der Waals surface area contributed by atoms with E-state index < -0.39 is 0 Å². The molecule has 0 aliphatic carbocycles. The fraction of sp³-hybridized carbons (Fsp3) is 0.562. The number of nitrogens with one attached hydrogen (secondary N) is 1. The summed E-state index contributed by atoms with van der Waals surface area (Å²) in [5, 5.41) is 2.93. The normalized spacial score (nSPS) is 20.7. The van der Waals surface area contributed by atoms with E-state index in [4.69, 9.17) is 5.73 Å². The van der Waals surface area contributed by atoms with Gasteiger partial charge in [-0.1, -0.05) is 6.07 Å². The number of likely N-dealkylation sites (tertiary alicyclic amines) is 1. The number of amides is 1. The lowest BCUT2D eigenvalue weighted by Crippen LogP contribution is -2.45. The van der Waals surface area contributed by atoms with Gasteiger partial charge in [0.25, 0.3) is 0 Å². The molecule has 0 bridgehead atoms. The van der Waals surface area contributed by atoms with Crippen LogP contribution in [-0.2, 0) is 4.79 Å². The Morgan fingerprint density at radius 1 is 1.57 bits per heavy atom. The Hall–Kier alpha value is -1.59. The lowest BCUT2D eigenvalue weighted by atomic mass is 10.1. The van der Waals surface area contributed by atoms with Crippen molar-refractivity contribution in [3.8, 4) is 0 Å². The monoisotopic (exact) mass is 290 g/mol. The van der Waals surface area contributed by atoms with Gasteiger partial charge in [0.05, 0.1) is 6.04 Å². The molecule has 0 aromatic heterocycles. The number of likely N-dealkylation sites (N-methyl/N-ethyl adjacent to an activating group) is 2. The first-order valence-electron chi connectivity index (χ1n) is 7.54. The zero-order valence-electron chi connectivity index (χ0n) is 13.2. The Bertz CT molecular complexity index is 491. The Kier molecular flexibility index (Phi) is 5.20. The molecule has 2 atom stereocenters. The summed E-state index contributed by atoms with van der Waals surface area (Å²) >= 11 is 0. The lowest BCUT2D eigenvalue weighted by molar-refractivity contribution is -0.120. The van der Waals surface area contributed by atoms with Crippen molar-refractivity contribution in [1.29, 1.82) is 0 Å². The van der Waals surface area contributed by atoms with E-state index in [9.17, 15) is 4.79 Å². The number of rotatable bonds is 5. The Morgan fingerprint density at radius 3 is 2.95 bits per heavy atom. The van der Waals surface area contributed by atoms with Gasteiger partial charge < -0.3 is 16.0 Å². The Balaban J connectivity index is 1.89. The summed E-state index contributed by atoms with van der Waals surface area (Å²) in [5.74, 6) is 0.00347. The third-order valence-corrected chi connectivity index (χ3v) is 4.37. The van der Waals surface area contributed by atoms with Crippen LogP contribution in [0.25, 0.3) is 0 Å².